The maximum Gasteiger partial charge on any atom is 0.0986 e. The fourth-order valence-corrected chi connectivity index (χ4v) is 2.08. The lowest BCUT2D eigenvalue weighted by atomic mass is 10.1. The Morgan fingerprint density at radius 1 is 1.50 bits per heavy atom. The van der Waals surface area contributed by atoms with Gasteiger partial charge in [0.1, 0.15) is 0 Å². The Bertz CT molecular complexity index is 486. The SMILES string of the molecule is OC(Cn1cc(I)cn1)c1cccc(Cl)c1. The van der Waals surface area contributed by atoms with E-state index in [0.29, 0.717) is 11.6 Å². The third-order valence-corrected chi connectivity index (χ3v) is 2.99. The molecule has 2 rings (SSSR count). The lowest BCUT2D eigenvalue weighted by Gasteiger charge is -2.11. The topological polar surface area (TPSA) is 38.0 Å². The van der Waals surface area contributed by atoms with Crippen molar-refractivity contribution in [2.75, 3.05) is 0 Å². The molecule has 5 heteroatoms. The average molecular weight is 349 g/mol. The van der Waals surface area contributed by atoms with Crippen molar-refractivity contribution in [3.05, 3.63) is 50.8 Å². The summed E-state index contributed by atoms with van der Waals surface area (Å²) in [6.45, 7) is 0.434. The third kappa shape index (κ3) is 2.96. The van der Waals surface area contributed by atoms with E-state index < -0.39 is 6.10 Å². The lowest BCUT2D eigenvalue weighted by molar-refractivity contribution is 0.151. The van der Waals surface area contributed by atoms with Crippen LogP contribution in [0.5, 0.6) is 0 Å². The van der Waals surface area contributed by atoms with Crippen molar-refractivity contribution in [3.63, 3.8) is 0 Å². The molecular formula is C11H10ClIN2O. The average Bonchev–Trinajstić information content (AvgIpc) is 2.64. The Labute approximate surface area is 112 Å². The molecule has 16 heavy (non-hydrogen) atoms. The number of aliphatic hydroxyl groups is 1. The molecule has 1 atom stereocenters. The largest absolute Gasteiger partial charge is 0.386 e. The predicted molar refractivity (Wildman–Crippen MR) is 71.4 cm³/mol. The molecule has 0 amide bonds. The quantitative estimate of drug-likeness (QED) is 0.866. The first-order chi connectivity index (χ1) is 7.65. The minimum Gasteiger partial charge on any atom is -0.386 e. The number of aromatic nitrogens is 2. The highest BCUT2D eigenvalue weighted by atomic mass is 127. The number of aliphatic hydroxyl groups excluding tert-OH is 1. The van der Waals surface area contributed by atoms with Gasteiger partial charge in [0.2, 0.25) is 0 Å². The van der Waals surface area contributed by atoms with Crippen LogP contribution >= 0.6 is 34.2 Å². The van der Waals surface area contributed by atoms with E-state index in [4.69, 9.17) is 11.6 Å². The molecule has 0 saturated heterocycles. The van der Waals surface area contributed by atoms with Crippen LogP contribution in [0.1, 0.15) is 11.7 Å². The van der Waals surface area contributed by atoms with Gasteiger partial charge in [-0.05, 0) is 40.3 Å². The lowest BCUT2D eigenvalue weighted by Crippen LogP contribution is -2.08. The monoisotopic (exact) mass is 348 g/mol. The van der Waals surface area contributed by atoms with E-state index in [0.717, 1.165) is 9.13 Å². The molecule has 0 aliphatic carbocycles. The van der Waals surface area contributed by atoms with Gasteiger partial charge in [-0.2, -0.15) is 5.10 Å². The molecule has 2 aromatic rings. The Morgan fingerprint density at radius 3 is 2.94 bits per heavy atom. The molecule has 0 fully saturated rings. The van der Waals surface area contributed by atoms with Crippen molar-refractivity contribution in [3.8, 4) is 0 Å². The van der Waals surface area contributed by atoms with Crippen molar-refractivity contribution in [1.29, 1.82) is 0 Å². The molecule has 1 aromatic carbocycles. The molecule has 0 bridgehead atoms. The summed E-state index contributed by atoms with van der Waals surface area (Å²) in [5.74, 6) is 0. The Hall–Kier alpha value is -0.590. The summed E-state index contributed by atoms with van der Waals surface area (Å²) in [5, 5.41) is 14.7. The van der Waals surface area contributed by atoms with Crippen LogP contribution in [0.15, 0.2) is 36.7 Å². The normalized spacial score (nSPS) is 12.7. The highest BCUT2D eigenvalue weighted by molar-refractivity contribution is 14.1. The van der Waals surface area contributed by atoms with Crippen LogP contribution in [-0.2, 0) is 6.54 Å². The van der Waals surface area contributed by atoms with Crippen molar-refractivity contribution in [1.82, 2.24) is 9.78 Å². The smallest absolute Gasteiger partial charge is 0.0986 e. The van der Waals surface area contributed by atoms with Crippen LogP contribution in [0.3, 0.4) is 0 Å². The van der Waals surface area contributed by atoms with Gasteiger partial charge < -0.3 is 5.11 Å². The number of benzene rings is 1. The minimum absolute atomic E-state index is 0.434. The van der Waals surface area contributed by atoms with E-state index in [9.17, 15) is 5.11 Å². The molecule has 1 unspecified atom stereocenters. The number of hydrogen-bond acceptors (Lipinski definition) is 2. The Kier molecular flexibility index (Phi) is 3.83. The molecular weight excluding hydrogens is 338 g/mol. The van der Waals surface area contributed by atoms with Crippen LogP contribution in [0.25, 0.3) is 0 Å². The Balaban J connectivity index is 2.11. The summed E-state index contributed by atoms with van der Waals surface area (Å²) in [6, 6.07) is 7.23. The zero-order valence-corrected chi connectivity index (χ0v) is 11.3. The van der Waals surface area contributed by atoms with E-state index in [-0.39, 0.29) is 0 Å². The van der Waals surface area contributed by atoms with Crippen LogP contribution in [0.2, 0.25) is 5.02 Å². The summed E-state index contributed by atoms with van der Waals surface area (Å²) >= 11 is 8.04. The molecule has 0 saturated carbocycles. The second kappa shape index (κ2) is 5.16. The van der Waals surface area contributed by atoms with Gasteiger partial charge in [-0.1, -0.05) is 23.7 Å². The standard InChI is InChI=1S/C11H10ClIN2O/c12-9-3-1-2-8(4-9)11(16)7-15-6-10(13)5-14-15/h1-6,11,16H,7H2. The molecule has 0 aliphatic heterocycles. The first-order valence-electron chi connectivity index (χ1n) is 4.76. The first-order valence-corrected chi connectivity index (χ1v) is 6.22. The molecule has 1 heterocycles. The zero-order valence-electron chi connectivity index (χ0n) is 8.35. The zero-order chi connectivity index (χ0) is 11.5. The maximum absolute atomic E-state index is 9.99. The fourth-order valence-electron chi connectivity index (χ4n) is 1.43. The van der Waals surface area contributed by atoms with E-state index in [1.54, 1.807) is 23.0 Å². The number of halogens is 2. The highest BCUT2D eigenvalue weighted by Crippen LogP contribution is 2.19. The van der Waals surface area contributed by atoms with Gasteiger partial charge in [0.25, 0.3) is 0 Å². The van der Waals surface area contributed by atoms with Crippen molar-refractivity contribution in [2.45, 2.75) is 12.6 Å². The van der Waals surface area contributed by atoms with Crippen LogP contribution < -0.4 is 0 Å². The van der Waals surface area contributed by atoms with Crippen molar-refractivity contribution < 1.29 is 5.11 Å². The predicted octanol–water partition coefficient (Wildman–Crippen LogP) is 2.87. The first kappa shape index (κ1) is 11.9. The van der Waals surface area contributed by atoms with Gasteiger partial charge in [-0.25, -0.2) is 0 Å². The molecule has 0 aliphatic rings. The van der Waals surface area contributed by atoms with Crippen LogP contribution in [-0.4, -0.2) is 14.9 Å². The summed E-state index contributed by atoms with van der Waals surface area (Å²) in [4.78, 5) is 0. The summed E-state index contributed by atoms with van der Waals surface area (Å²) in [6.07, 6.45) is 3.05. The third-order valence-electron chi connectivity index (χ3n) is 2.20. The second-order valence-electron chi connectivity index (χ2n) is 3.45. The second-order valence-corrected chi connectivity index (χ2v) is 5.13. The summed E-state index contributed by atoms with van der Waals surface area (Å²) < 4.78 is 2.77. The maximum atomic E-state index is 9.99. The molecule has 0 spiro atoms. The van der Waals surface area contributed by atoms with Gasteiger partial charge >= 0.3 is 0 Å². The van der Waals surface area contributed by atoms with Gasteiger partial charge in [-0.3, -0.25) is 4.68 Å². The van der Waals surface area contributed by atoms with Gasteiger partial charge in [-0.15, -0.1) is 0 Å². The molecule has 1 aromatic heterocycles. The van der Waals surface area contributed by atoms with Gasteiger partial charge in [0.15, 0.2) is 0 Å². The van der Waals surface area contributed by atoms with E-state index in [1.165, 1.54) is 0 Å². The van der Waals surface area contributed by atoms with E-state index in [1.807, 2.05) is 18.3 Å². The fraction of sp³-hybridized carbons (Fsp3) is 0.182. The van der Waals surface area contributed by atoms with Gasteiger partial charge in [0.05, 0.1) is 22.4 Å². The number of nitrogens with zero attached hydrogens (tertiary/aromatic N) is 2. The van der Waals surface area contributed by atoms with Crippen LogP contribution in [0.4, 0.5) is 0 Å². The summed E-state index contributed by atoms with van der Waals surface area (Å²) in [5.41, 5.74) is 0.804. The van der Waals surface area contributed by atoms with E-state index >= 15 is 0 Å². The number of hydrogen-bond donors (Lipinski definition) is 1. The Morgan fingerprint density at radius 2 is 2.31 bits per heavy atom. The molecule has 3 nitrogen and oxygen atoms in total. The summed E-state index contributed by atoms with van der Waals surface area (Å²) in [7, 11) is 0. The molecule has 1 N–H and O–H groups in total. The number of rotatable bonds is 3. The van der Waals surface area contributed by atoms with Crippen LogP contribution in [0, 0.1) is 3.57 Å². The van der Waals surface area contributed by atoms with Crippen molar-refractivity contribution in [2.24, 2.45) is 0 Å². The highest BCUT2D eigenvalue weighted by Gasteiger charge is 2.09. The van der Waals surface area contributed by atoms with Gasteiger partial charge in [0, 0.05) is 11.2 Å². The molecule has 0 radical (unpaired) electrons. The van der Waals surface area contributed by atoms with Crippen molar-refractivity contribution >= 4 is 34.2 Å². The molecule has 84 valence electrons. The van der Waals surface area contributed by atoms with E-state index in [2.05, 4.69) is 27.7 Å². The minimum atomic E-state index is -0.589.